The number of rotatable bonds is 2. The summed E-state index contributed by atoms with van der Waals surface area (Å²) in [4.78, 5) is 10.8. The Bertz CT molecular complexity index is 232. The van der Waals surface area contributed by atoms with E-state index in [0.717, 1.165) is 0 Å². The van der Waals surface area contributed by atoms with E-state index in [9.17, 15) is 4.79 Å². The number of hydrogen-bond donors (Lipinski definition) is 1. The Balaban J connectivity index is 2.70. The molecule has 60 valence electrons. The molecular weight excluding hydrogens is 146 g/mol. The van der Waals surface area contributed by atoms with Crippen LogP contribution in [0.15, 0.2) is 18.5 Å². The molecule has 0 bridgehead atoms. The van der Waals surface area contributed by atoms with Crippen LogP contribution in [0.25, 0.3) is 0 Å². The van der Waals surface area contributed by atoms with Gasteiger partial charge in [0.1, 0.15) is 0 Å². The second kappa shape index (κ2) is 3.16. The Labute approximate surface area is 63.7 Å². The minimum Gasteiger partial charge on any atom is -0.466 e. The van der Waals surface area contributed by atoms with Crippen molar-refractivity contribution in [1.29, 1.82) is 0 Å². The fourth-order valence-corrected chi connectivity index (χ4v) is 0.674. The summed E-state index contributed by atoms with van der Waals surface area (Å²) in [6.45, 7) is 0. The zero-order valence-corrected chi connectivity index (χ0v) is 6.10. The van der Waals surface area contributed by atoms with Gasteiger partial charge < -0.3 is 10.5 Å². The second-order valence-electron chi connectivity index (χ2n) is 1.95. The lowest BCUT2D eigenvalue weighted by atomic mass is 10.5. The lowest BCUT2D eigenvalue weighted by Crippen LogP contribution is -2.28. The summed E-state index contributed by atoms with van der Waals surface area (Å²) in [7, 11) is 1.28. The maximum absolute atomic E-state index is 10.8. The molecule has 11 heavy (non-hydrogen) atoms. The number of nitrogens with two attached hydrogens (primary N) is 1. The molecule has 5 heteroatoms. The van der Waals surface area contributed by atoms with Crippen LogP contribution in [0.4, 0.5) is 0 Å². The van der Waals surface area contributed by atoms with Crippen LogP contribution < -0.4 is 5.73 Å². The van der Waals surface area contributed by atoms with Gasteiger partial charge in [0.2, 0.25) is 0 Å². The van der Waals surface area contributed by atoms with Crippen LogP contribution in [-0.2, 0) is 9.53 Å². The van der Waals surface area contributed by atoms with Gasteiger partial charge in [0.15, 0.2) is 6.17 Å². The topological polar surface area (TPSA) is 70.1 Å². The predicted molar refractivity (Wildman–Crippen MR) is 37.5 cm³/mol. The van der Waals surface area contributed by atoms with Crippen LogP contribution in [0.2, 0.25) is 0 Å². The first-order valence-electron chi connectivity index (χ1n) is 3.08. The highest BCUT2D eigenvalue weighted by atomic mass is 16.5. The highest BCUT2D eigenvalue weighted by Gasteiger charge is 2.14. The van der Waals surface area contributed by atoms with E-state index in [2.05, 4.69) is 9.84 Å². The van der Waals surface area contributed by atoms with E-state index in [1.807, 2.05) is 0 Å². The molecule has 0 aliphatic heterocycles. The van der Waals surface area contributed by atoms with Crippen molar-refractivity contribution in [1.82, 2.24) is 9.78 Å². The third-order valence-corrected chi connectivity index (χ3v) is 1.25. The normalized spacial score (nSPS) is 12.5. The lowest BCUT2D eigenvalue weighted by Gasteiger charge is -2.08. The van der Waals surface area contributed by atoms with Crippen LogP contribution in [0.3, 0.4) is 0 Å². The third kappa shape index (κ3) is 1.56. The van der Waals surface area contributed by atoms with Crippen LogP contribution in [-0.4, -0.2) is 22.9 Å². The van der Waals surface area contributed by atoms with Gasteiger partial charge in [0.05, 0.1) is 7.11 Å². The van der Waals surface area contributed by atoms with Crippen LogP contribution in [0.1, 0.15) is 6.17 Å². The molecule has 1 aromatic heterocycles. The van der Waals surface area contributed by atoms with Gasteiger partial charge in [-0.05, 0) is 6.07 Å². The first-order valence-corrected chi connectivity index (χ1v) is 3.08. The van der Waals surface area contributed by atoms with Gasteiger partial charge in [-0.25, -0.2) is 9.48 Å². The fourth-order valence-electron chi connectivity index (χ4n) is 0.674. The third-order valence-electron chi connectivity index (χ3n) is 1.25. The molecule has 0 spiro atoms. The summed E-state index contributed by atoms with van der Waals surface area (Å²) >= 11 is 0. The molecule has 0 aliphatic carbocycles. The molecule has 2 N–H and O–H groups in total. The SMILES string of the molecule is COC(=O)[C@H](N)n1cccn1. The number of carbonyl (C=O) groups excluding carboxylic acids is 1. The van der Waals surface area contributed by atoms with Gasteiger partial charge in [-0.3, -0.25) is 0 Å². The molecule has 0 saturated carbocycles. The van der Waals surface area contributed by atoms with Crippen molar-refractivity contribution in [3.8, 4) is 0 Å². The van der Waals surface area contributed by atoms with Gasteiger partial charge >= 0.3 is 5.97 Å². The summed E-state index contributed by atoms with van der Waals surface area (Å²) in [6.07, 6.45) is 2.31. The summed E-state index contributed by atoms with van der Waals surface area (Å²) in [5.74, 6) is -0.506. The predicted octanol–water partition coefficient (Wildman–Crippen LogP) is -0.487. The van der Waals surface area contributed by atoms with E-state index in [0.29, 0.717) is 0 Å². The van der Waals surface area contributed by atoms with E-state index in [1.165, 1.54) is 11.8 Å². The number of esters is 1. The van der Waals surface area contributed by atoms with Crippen molar-refractivity contribution in [2.24, 2.45) is 5.73 Å². The van der Waals surface area contributed by atoms with Crippen molar-refractivity contribution in [3.63, 3.8) is 0 Å². The number of ether oxygens (including phenoxy) is 1. The highest BCUT2D eigenvalue weighted by molar-refractivity contribution is 5.73. The summed E-state index contributed by atoms with van der Waals surface area (Å²) in [5, 5.41) is 3.78. The Kier molecular flexibility index (Phi) is 2.22. The molecule has 1 rings (SSSR count). The van der Waals surface area contributed by atoms with E-state index in [-0.39, 0.29) is 0 Å². The van der Waals surface area contributed by atoms with Gasteiger partial charge in [-0.2, -0.15) is 5.10 Å². The van der Waals surface area contributed by atoms with E-state index in [4.69, 9.17) is 5.73 Å². The van der Waals surface area contributed by atoms with Gasteiger partial charge in [-0.15, -0.1) is 0 Å². The maximum atomic E-state index is 10.8. The van der Waals surface area contributed by atoms with Crippen LogP contribution >= 0.6 is 0 Å². The average molecular weight is 155 g/mol. The largest absolute Gasteiger partial charge is 0.466 e. The van der Waals surface area contributed by atoms with Gasteiger partial charge in [-0.1, -0.05) is 0 Å². The molecule has 1 atom stereocenters. The first-order chi connectivity index (χ1) is 5.25. The molecule has 0 amide bonds. The number of nitrogens with zero attached hydrogens (tertiary/aromatic N) is 2. The Morgan fingerprint density at radius 1 is 1.82 bits per heavy atom. The number of methoxy groups -OCH3 is 1. The molecule has 1 aromatic rings. The number of hydrogen-bond acceptors (Lipinski definition) is 4. The molecule has 0 unspecified atom stereocenters. The van der Waals surface area contributed by atoms with Crippen LogP contribution in [0, 0.1) is 0 Å². The quantitative estimate of drug-likeness (QED) is 0.585. The monoisotopic (exact) mass is 155 g/mol. The number of carbonyl (C=O) groups is 1. The van der Waals surface area contributed by atoms with Crippen molar-refractivity contribution < 1.29 is 9.53 Å². The summed E-state index contributed by atoms with van der Waals surface area (Å²) in [5.41, 5.74) is 5.42. The van der Waals surface area contributed by atoms with Gasteiger partial charge in [0, 0.05) is 12.4 Å². The molecule has 0 saturated heterocycles. The van der Waals surface area contributed by atoms with Crippen molar-refractivity contribution in [2.45, 2.75) is 6.17 Å². The van der Waals surface area contributed by atoms with Crippen LogP contribution in [0.5, 0.6) is 0 Å². The minimum atomic E-state index is -0.838. The van der Waals surface area contributed by atoms with E-state index >= 15 is 0 Å². The smallest absolute Gasteiger partial charge is 0.345 e. The molecule has 0 radical (unpaired) electrons. The molecule has 0 aromatic carbocycles. The zero-order valence-electron chi connectivity index (χ0n) is 6.10. The Morgan fingerprint density at radius 3 is 3.00 bits per heavy atom. The summed E-state index contributed by atoms with van der Waals surface area (Å²) in [6, 6.07) is 1.68. The molecule has 0 fully saturated rings. The Hall–Kier alpha value is -1.36. The van der Waals surface area contributed by atoms with Crippen molar-refractivity contribution in [2.75, 3.05) is 7.11 Å². The lowest BCUT2D eigenvalue weighted by molar-refractivity contribution is -0.144. The zero-order chi connectivity index (χ0) is 8.27. The average Bonchev–Trinajstić information content (AvgIpc) is 2.53. The first kappa shape index (κ1) is 7.74. The van der Waals surface area contributed by atoms with E-state index < -0.39 is 12.1 Å². The van der Waals surface area contributed by atoms with Gasteiger partial charge in [0.25, 0.3) is 0 Å². The van der Waals surface area contributed by atoms with E-state index in [1.54, 1.807) is 18.5 Å². The maximum Gasteiger partial charge on any atom is 0.345 e. The molecular formula is C6H9N3O2. The molecule has 5 nitrogen and oxygen atoms in total. The summed E-state index contributed by atoms with van der Waals surface area (Å²) < 4.78 is 5.74. The molecule has 0 aliphatic rings. The number of aromatic nitrogens is 2. The minimum absolute atomic E-state index is 0.506. The fraction of sp³-hybridized carbons (Fsp3) is 0.333. The van der Waals surface area contributed by atoms with Crippen molar-refractivity contribution >= 4 is 5.97 Å². The van der Waals surface area contributed by atoms with Crippen molar-refractivity contribution in [3.05, 3.63) is 18.5 Å². The standard InChI is InChI=1S/C6H9N3O2/c1-11-6(10)5(7)9-4-2-3-8-9/h2-5H,7H2,1H3/t5-/m1/s1. The highest BCUT2D eigenvalue weighted by Crippen LogP contribution is 1.97. The Morgan fingerprint density at radius 2 is 2.55 bits per heavy atom. The molecule has 1 heterocycles. The second-order valence-corrected chi connectivity index (χ2v) is 1.95.